The van der Waals surface area contributed by atoms with Crippen LogP contribution in [-0.4, -0.2) is 35.6 Å². The summed E-state index contributed by atoms with van der Waals surface area (Å²) < 4.78 is 26.8. The number of aryl methyl sites for hydroxylation is 2. The molecule has 2 N–H and O–H groups in total. The first-order chi connectivity index (χ1) is 9.44. The van der Waals surface area contributed by atoms with E-state index in [0.717, 1.165) is 0 Å². The average molecular weight is 294 g/mol. The molecule has 8 nitrogen and oxygen atoms in total. The average Bonchev–Trinajstić information content (AvgIpc) is 2.42. The lowest BCUT2D eigenvalue weighted by Gasteiger charge is -2.10. The van der Waals surface area contributed by atoms with Gasteiger partial charge in [-0.2, -0.15) is 5.10 Å². The van der Waals surface area contributed by atoms with Gasteiger partial charge in [-0.15, -0.1) is 5.10 Å². The van der Waals surface area contributed by atoms with Gasteiger partial charge in [-0.25, -0.2) is 23.1 Å². The zero-order valence-corrected chi connectivity index (χ0v) is 12.1. The van der Waals surface area contributed by atoms with Crippen LogP contribution in [0.5, 0.6) is 0 Å². The van der Waals surface area contributed by atoms with Crippen LogP contribution in [0.2, 0.25) is 0 Å². The molecule has 0 aromatic carbocycles. The van der Waals surface area contributed by atoms with Crippen molar-refractivity contribution in [1.82, 2.24) is 20.2 Å². The lowest BCUT2D eigenvalue weighted by molar-refractivity contribution is 0.600. The minimum atomic E-state index is -3.83. The van der Waals surface area contributed by atoms with E-state index in [1.807, 2.05) is 0 Å². The Bertz CT molecular complexity index is 731. The van der Waals surface area contributed by atoms with Crippen molar-refractivity contribution in [2.45, 2.75) is 18.7 Å². The molecule has 0 aliphatic rings. The number of anilines is 2. The van der Waals surface area contributed by atoms with Crippen molar-refractivity contribution in [3.8, 4) is 0 Å². The molecule has 9 heteroatoms. The summed E-state index contributed by atoms with van der Waals surface area (Å²) in [5.74, 6) is 0.177. The molecule has 106 valence electrons. The number of sulfonamides is 1. The maximum absolute atomic E-state index is 12.3. The maximum Gasteiger partial charge on any atom is 0.267 e. The van der Waals surface area contributed by atoms with Gasteiger partial charge in [0, 0.05) is 13.2 Å². The number of rotatable bonds is 4. The molecule has 0 saturated carbocycles. The van der Waals surface area contributed by atoms with E-state index in [4.69, 9.17) is 0 Å². The summed E-state index contributed by atoms with van der Waals surface area (Å²) in [5, 5.41) is 10.3. The zero-order valence-electron chi connectivity index (χ0n) is 11.2. The van der Waals surface area contributed by atoms with Gasteiger partial charge >= 0.3 is 0 Å². The Hall–Kier alpha value is -2.29. The van der Waals surface area contributed by atoms with E-state index in [1.165, 1.54) is 18.3 Å². The normalized spacial score (nSPS) is 11.2. The van der Waals surface area contributed by atoms with Crippen molar-refractivity contribution >= 4 is 21.8 Å². The molecule has 0 aliphatic heterocycles. The lowest BCUT2D eigenvalue weighted by atomic mass is 10.4. The first-order valence-corrected chi connectivity index (χ1v) is 7.26. The van der Waals surface area contributed by atoms with Crippen LogP contribution >= 0.6 is 0 Å². The SMILES string of the molecule is CNc1ncccc1S(=O)(=O)Nc1nnc(C)c(C)n1. The Balaban J connectivity index is 2.38. The second-order valence-corrected chi connectivity index (χ2v) is 5.66. The standard InChI is InChI=1S/C11H14N6O2S/c1-7-8(2)15-16-11(14-7)17-20(18,19)9-5-4-6-13-10(9)12-3/h4-6H,1-3H3,(H,12,13)(H,14,16,17). The fraction of sp³-hybridized carbons (Fsp3) is 0.273. The molecular formula is C11H14N6O2S. The van der Waals surface area contributed by atoms with Gasteiger partial charge in [-0.1, -0.05) is 0 Å². The second-order valence-electron chi connectivity index (χ2n) is 4.01. The quantitative estimate of drug-likeness (QED) is 0.855. The van der Waals surface area contributed by atoms with E-state index >= 15 is 0 Å². The van der Waals surface area contributed by atoms with E-state index in [0.29, 0.717) is 11.4 Å². The largest absolute Gasteiger partial charge is 0.372 e. The molecular weight excluding hydrogens is 280 g/mol. The summed E-state index contributed by atoms with van der Waals surface area (Å²) in [6.45, 7) is 3.47. The number of hydrogen-bond donors (Lipinski definition) is 2. The Kier molecular flexibility index (Phi) is 3.79. The third kappa shape index (κ3) is 2.82. The highest BCUT2D eigenvalue weighted by Gasteiger charge is 2.20. The smallest absolute Gasteiger partial charge is 0.267 e. The summed E-state index contributed by atoms with van der Waals surface area (Å²) in [7, 11) is -2.23. The van der Waals surface area contributed by atoms with Crippen molar-refractivity contribution in [3.05, 3.63) is 29.7 Å². The third-order valence-electron chi connectivity index (χ3n) is 2.61. The Morgan fingerprint density at radius 3 is 2.55 bits per heavy atom. The van der Waals surface area contributed by atoms with Crippen LogP contribution in [0.25, 0.3) is 0 Å². The van der Waals surface area contributed by atoms with E-state index < -0.39 is 10.0 Å². The molecule has 0 aliphatic carbocycles. The summed E-state index contributed by atoms with van der Waals surface area (Å²) in [6.07, 6.45) is 1.50. The molecule has 0 spiro atoms. The number of nitrogens with zero attached hydrogens (tertiary/aromatic N) is 4. The van der Waals surface area contributed by atoms with Crippen molar-refractivity contribution in [3.63, 3.8) is 0 Å². The highest BCUT2D eigenvalue weighted by Crippen LogP contribution is 2.19. The van der Waals surface area contributed by atoms with Crippen LogP contribution in [-0.2, 0) is 10.0 Å². The molecule has 0 bridgehead atoms. The summed E-state index contributed by atoms with van der Waals surface area (Å²) in [5.41, 5.74) is 1.25. The molecule has 2 aromatic rings. The molecule has 0 radical (unpaired) electrons. The van der Waals surface area contributed by atoms with Crippen LogP contribution in [0, 0.1) is 13.8 Å². The first kappa shape index (κ1) is 14.1. The van der Waals surface area contributed by atoms with E-state index in [-0.39, 0.29) is 16.7 Å². The lowest BCUT2D eigenvalue weighted by Crippen LogP contribution is -2.18. The molecule has 2 aromatic heterocycles. The highest BCUT2D eigenvalue weighted by atomic mass is 32.2. The number of aromatic nitrogens is 4. The van der Waals surface area contributed by atoms with Crippen LogP contribution in [0.4, 0.5) is 11.8 Å². The Morgan fingerprint density at radius 2 is 1.90 bits per heavy atom. The van der Waals surface area contributed by atoms with E-state index in [9.17, 15) is 8.42 Å². The monoisotopic (exact) mass is 294 g/mol. The van der Waals surface area contributed by atoms with Crippen molar-refractivity contribution < 1.29 is 8.42 Å². The van der Waals surface area contributed by atoms with Gasteiger partial charge in [0.25, 0.3) is 16.0 Å². The van der Waals surface area contributed by atoms with Crippen molar-refractivity contribution in [2.24, 2.45) is 0 Å². The topological polar surface area (TPSA) is 110 Å². The van der Waals surface area contributed by atoms with E-state index in [2.05, 4.69) is 30.2 Å². The first-order valence-electron chi connectivity index (χ1n) is 5.77. The molecule has 2 rings (SSSR count). The number of hydrogen-bond acceptors (Lipinski definition) is 7. The Labute approximate surface area is 116 Å². The van der Waals surface area contributed by atoms with Crippen molar-refractivity contribution in [1.29, 1.82) is 0 Å². The molecule has 0 unspecified atom stereocenters. The summed E-state index contributed by atoms with van der Waals surface area (Å²) in [6, 6.07) is 2.98. The predicted octanol–water partition coefficient (Wildman–Crippen LogP) is 0.726. The number of nitrogens with one attached hydrogen (secondary N) is 2. The van der Waals surface area contributed by atoms with Gasteiger partial charge < -0.3 is 5.32 Å². The van der Waals surface area contributed by atoms with Gasteiger partial charge in [0.15, 0.2) is 0 Å². The molecule has 0 fully saturated rings. The Morgan fingerprint density at radius 1 is 1.15 bits per heavy atom. The van der Waals surface area contributed by atoms with Gasteiger partial charge in [-0.05, 0) is 26.0 Å². The molecule has 20 heavy (non-hydrogen) atoms. The third-order valence-corrected chi connectivity index (χ3v) is 3.97. The predicted molar refractivity (Wildman–Crippen MR) is 73.9 cm³/mol. The molecule has 0 atom stereocenters. The van der Waals surface area contributed by atoms with Crippen LogP contribution < -0.4 is 10.0 Å². The fourth-order valence-corrected chi connectivity index (χ4v) is 2.57. The maximum atomic E-state index is 12.3. The van der Waals surface area contributed by atoms with Gasteiger partial charge in [0.1, 0.15) is 10.7 Å². The summed E-state index contributed by atoms with van der Waals surface area (Å²) in [4.78, 5) is 8.00. The molecule has 2 heterocycles. The highest BCUT2D eigenvalue weighted by molar-refractivity contribution is 7.92. The van der Waals surface area contributed by atoms with Crippen molar-refractivity contribution in [2.75, 3.05) is 17.1 Å². The summed E-state index contributed by atoms with van der Waals surface area (Å²) >= 11 is 0. The zero-order chi connectivity index (χ0) is 14.8. The van der Waals surface area contributed by atoms with Crippen LogP contribution in [0.1, 0.15) is 11.4 Å². The van der Waals surface area contributed by atoms with Crippen LogP contribution in [0.3, 0.4) is 0 Å². The van der Waals surface area contributed by atoms with Crippen LogP contribution in [0.15, 0.2) is 23.2 Å². The molecule has 0 amide bonds. The minimum absolute atomic E-state index is 0.0179. The minimum Gasteiger partial charge on any atom is -0.372 e. The molecule has 0 saturated heterocycles. The number of pyridine rings is 1. The van der Waals surface area contributed by atoms with Gasteiger partial charge in [0.2, 0.25) is 0 Å². The van der Waals surface area contributed by atoms with Gasteiger partial charge in [0.05, 0.1) is 11.4 Å². The van der Waals surface area contributed by atoms with Gasteiger partial charge in [-0.3, -0.25) is 0 Å². The van der Waals surface area contributed by atoms with E-state index in [1.54, 1.807) is 20.9 Å². The fourth-order valence-electron chi connectivity index (χ4n) is 1.47. The second kappa shape index (κ2) is 5.37.